The van der Waals surface area contributed by atoms with Crippen molar-refractivity contribution in [3.63, 3.8) is 0 Å². The van der Waals surface area contributed by atoms with Crippen molar-refractivity contribution in [1.82, 2.24) is 0 Å². The van der Waals surface area contributed by atoms with E-state index in [9.17, 15) is 19.2 Å². The first kappa shape index (κ1) is 33.0. The van der Waals surface area contributed by atoms with E-state index in [1.54, 1.807) is 48.5 Å². The minimum absolute atomic E-state index is 0.132. The molecule has 0 saturated heterocycles. The molecule has 224 valence electrons. The van der Waals surface area contributed by atoms with Crippen molar-refractivity contribution in [2.45, 2.75) is 71.6 Å². The Morgan fingerprint density at radius 2 is 0.829 bits per heavy atom. The largest absolute Gasteiger partial charge is 0.543 e. The van der Waals surface area contributed by atoms with Gasteiger partial charge in [0.25, 0.3) is 0 Å². The zero-order valence-corrected chi connectivity index (χ0v) is 23.3. The van der Waals surface area contributed by atoms with Crippen LogP contribution in [0.1, 0.15) is 90.6 Å². The van der Waals surface area contributed by atoms with Gasteiger partial charge in [0.2, 0.25) is 0 Å². The maximum Gasteiger partial charge on any atom is 0.543 e. The lowest BCUT2D eigenvalue weighted by Crippen LogP contribution is -2.12. The third kappa shape index (κ3) is 14.2. The molecule has 41 heavy (non-hydrogen) atoms. The predicted octanol–water partition coefficient (Wildman–Crippen LogP) is 6.56. The van der Waals surface area contributed by atoms with Crippen molar-refractivity contribution in [2.24, 2.45) is 0 Å². The molecule has 0 aliphatic carbocycles. The fourth-order valence-corrected chi connectivity index (χ4v) is 3.45. The number of hydrogen-bond acceptors (Lipinski definition) is 12. The zero-order valence-electron chi connectivity index (χ0n) is 23.3. The summed E-state index contributed by atoms with van der Waals surface area (Å²) >= 11 is 0. The third-order valence-corrected chi connectivity index (χ3v) is 5.85. The second kappa shape index (κ2) is 19.8. The Labute approximate surface area is 238 Å². The molecule has 0 unspecified atom stereocenters. The summed E-state index contributed by atoms with van der Waals surface area (Å²) in [6.45, 7) is 4.25. The van der Waals surface area contributed by atoms with Gasteiger partial charge in [-0.15, -0.1) is 0 Å². The van der Waals surface area contributed by atoms with E-state index in [1.807, 2.05) is 13.8 Å². The van der Waals surface area contributed by atoms with Gasteiger partial charge in [-0.3, -0.25) is 9.78 Å². The molecule has 0 fully saturated rings. The van der Waals surface area contributed by atoms with Crippen molar-refractivity contribution in [3.8, 4) is 0 Å². The fourth-order valence-electron chi connectivity index (χ4n) is 3.45. The molecule has 0 saturated carbocycles. The highest BCUT2D eigenvalue weighted by atomic mass is 17.5. The second-order valence-electron chi connectivity index (χ2n) is 8.82. The summed E-state index contributed by atoms with van der Waals surface area (Å²) in [5, 5.41) is 8.37. The third-order valence-electron chi connectivity index (χ3n) is 5.85. The maximum absolute atomic E-state index is 11.8. The van der Waals surface area contributed by atoms with E-state index in [-0.39, 0.29) is 24.3 Å². The molecule has 2 rings (SSSR count). The van der Waals surface area contributed by atoms with Gasteiger partial charge in [-0.25, -0.2) is 29.0 Å². The van der Waals surface area contributed by atoms with Crippen LogP contribution >= 0.6 is 0 Å². The summed E-state index contributed by atoms with van der Waals surface area (Å²) in [5.74, 6) is -1.60. The van der Waals surface area contributed by atoms with Gasteiger partial charge >= 0.3 is 24.2 Å². The molecular formula is C29H36O12. The molecule has 0 aliphatic rings. The minimum Gasteiger partial charge on any atom is -0.432 e. The molecule has 0 aliphatic heterocycles. The molecule has 0 heterocycles. The molecule has 12 heteroatoms. The van der Waals surface area contributed by atoms with Crippen LogP contribution < -0.4 is 0 Å². The number of rotatable bonds is 18. The van der Waals surface area contributed by atoms with Crippen LogP contribution in [0.5, 0.6) is 0 Å². The molecule has 0 amide bonds. The van der Waals surface area contributed by atoms with Crippen LogP contribution in [-0.2, 0) is 51.9 Å². The number of carbonyl (C=O) groups excluding carboxylic acids is 4. The van der Waals surface area contributed by atoms with Gasteiger partial charge in [-0.05, 0) is 61.1 Å². The van der Waals surface area contributed by atoms with E-state index in [2.05, 4.69) is 29.6 Å². The van der Waals surface area contributed by atoms with Crippen molar-refractivity contribution in [2.75, 3.05) is 13.2 Å². The van der Waals surface area contributed by atoms with E-state index in [0.29, 0.717) is 12.8 Å². The lowest BCUT2D eigenvalue weighted by atomic mass is 10.1. The topological polar surface area (TPSA) is 142 Å². The molecule has 2 aromatic carbocycles. The average molecular weight is 577 g/mol. The molecule has 2 aromatic rings. The molecule has 0 N–H and O–H groups in total. The highest BCUT2D eigenvalue weighted by molar-refractivity contribution is 5.89. The Kier molecular flexibility index (Phi) is 16.0. The SMILES string of the molecule is CCc1ccc(C(=O)OOOC(=O)OCCCCCCCCCOC(=O)OOOC(=O)c2ccc(CC)cc2)cc1. The van der Waals surface area contributed by atoms with Gasteiger partial charge < -0.3 is 9.47 Å². The second-order valence-corrected chi connectivity index (χ2v) is 8.82. The molecule has 12 nitrogen and oxygen atoms in total. The van der Waals surface area contributed by atoms with Crippen molar-refractivity contribution < 1.29 is 58.3 Å². The Balaban J connectivity index is 1.36. The average Bonchev–Trinajstić information content (AvgIpc) is 2.99. The first-order chi connectivity index (χ1) is 19.9. The summed E-state index contributed by atoms with van der Waals surface area (Å²) < 4.78 is 9.68. The standard InChI is InChI=1S/C29H36O12/c1-3-22-12-16-24(17-13-22)26(30)36-40-38-28(32)34-20-10-8-6-5-7-9-11-21-35-29(33)39-41-37-27(31)25-18-14-23(4-2)15-19-25/h12-19H,3-11,20-21H2,1-2H3. The summed E-state index contributed by atoms with van der Waals surface area (Å²) in [6, 6.07) is 13.5. The van der Waals surface area contributed by atoms with Crippen molar-refractivity contribution in [1.29, 1.82) is 0 Å². The number of aryl methyl sites for hydroxylation is 2. The summed E-state index contributed by atoms with van der Waals surface area (Å²) in [4.78, 5) is 63.8. The quantitative estimate of drug-likeness (QED) is 0.0821. The van der Waals surface area contributed by atoms with Crippen LogP contribution in [0.15, 0.2) is 48.5 Å². The highest BCUT2D eigenvalue weighted by Gasteiger charge is 2.13. The molecule has 0 bridgehead atoms. The number of benzene rings is 2. The summed E-state index contributed by atoms with van der Waals surface area (Å²) in [6.07, 6.45) is 5.18. The van der Waals surface area contributed by atoms with Crippen molar-refractivity contribution >= 4 is 24.2 Å². The van der Waals surface area contributed by atoms with Gasteiger partial charge in [-0.2, -0.15) is 0 Å². The molecule has 0 aromatic heterocycles. The monoisotopic (exact) mass is 576 g/mol. The van der Waals surface area contributed by atoms with E-state index in [1.165, 1.54) is 0 Å². The van der Waals surface area contributed by atoms with Crippen LogP contribution in [-0.4, -0.2) is 37.5 Å². The van der Waals surface area contributed by atoms with E-state index < -0.39 is 24.2 Å². The van der Waals surface area contributed by atoms with Gasteiger partial charge in [0, 0.05) is 0 Å². The lowest BCUT2D eigenvalue weighted by Gasteiger charge is -2.05. The van der Waals surface area contributed by atoms with Gasteiger partial charge in [0.1, 0.15) is 0 Å². The van der Waals surface area contributed by atoms with Gasteiger partial charge in [0.15, 0.2) is 0 Å². The summed E-state index contributed by atoms with van der Waals surface area (Å²) in [7, 11) is 0. The lowest BCUT2D eigenvalue weighted by molar-refractivity contribution is -0.452. The molecule has 0 atom stereocenters. The zero-order chi connectivity index (χ0) is 29.7. The Morgan fingerprint density at radius 1 is 0.488 bits per heavy atom. The van der Waals surface area contributed by atoms with Crippen LogP contribution in [0.2, 0.25) is 0 Å². The minimum atomic E-state index is -1.11. The van der Waals surface area contributed by atoms with Crippen LogP contribution in [0.4, 0.5) is 9.59 Å². The number of unbranched alkanes of at least 4 members (excludes halogenated alkanes) is 6. The van der Waals surface area contributed by atoms with Crippen LogP contribution in [0, 0.1) is 0 Å². The predicted molar refractivity (Wildman–Crippen MR) is 142 cm³/mol. The maximum atomic E-state index is 11.8. The van der Waals surface area contributed by atoms with Crippen LogP contribution in [0.25, 0.3) is 0 Å². The van der Waals surface area contributed by atoms with Crippen LogP contribution in [0.3, 0.4) is 0 Å². The smallest absolute Gasteiger partial charge is 0.432 e. The van der Waals surface area contributed by atoms with E-state index in [0.717, 1.165) is 56.1 Å². The summed E-state index contributed by atoms with van der Waals surface area (Å²) in [5.41, 5.74) is 2.65. The normalized spacial score (nSPS) is 10.4. The Hall–Kier alpha value is -4.16. The number of hydrogen-bond donors (Lipinski definition) is 0. The molecule has 0 spiro atoms. The Morgan fingerprint density at radius 3 is 1.17 bits per heavy atom. The first-order valence-corrected chi connectivity index (χ1v) is 13.5. The van der Waals surface area contributed by atoms with Gasteiger partial charge in [0.05, 0.1) is 34.4 Å². The molecule has 0 radical (unpaired) electrons. The van der Waals surface area contributed by atoms with Crippen molar-refractivity contribution in [3.05, 3.63) is 70.8 Å². The molecular weight excluding hydrogens is 540 g/mol. The number of ether oxygens (including phenoxy) is 2. The number of carbonyl (C=O) groups is 4. The highest BCUT2D eigenvalue weighted by Crippen LogP contribution is 2.10. The van der Waals surface area contributed by atoms with E-state index in [4.69, 9.17) is 9.47 Å². The Bertz CT molecular complexity index is 981. The van der Waals surface area contributed by atoms with Gasteiger partial charge in [-0.1, -0.05) is 70.2 Å². The van der Waals surface area contributed by atoms with E-state index >= 15 is 0 Å². The first-order valence-electron chi connectivity index (χ1n) is 13.5. The fraction of sp³-hybridized carbons (Fsp3) is 0.448.